The lowest BCUT2D eigenvalue weighted by Crippen LogP contribution is -2.64. The number of hydroxylamine groups is 2. The lowest BCUT2D eigenvalue weighted by atomic mass is 9.76. The molecule has 2 rings (SSSR count). The van der Waals surface area contributed by atoms with E-state index in [1.807, 2.05) is 13.8 Å². The summed E-state index contributed by atoms with van der Waals surface area (Å²) in [6, 6.07) is 0. The summed E-state index contributed by atoms with van der Waals surface area (Å²) in [6.07, 6.45) is -1.21. The van der Waals surface area contributed by atoms with Gasteiger partial charge < -0.3 is 14.2 Å². The number of nitrogens with zero attached hydrogens (tertiary/aromatic N) is 1. The minimum absolute atomic E-state index is 0.0965. The molecule has 0 amide bonds. The molecule has 0 spiro atoms. The van der Waals surface area contributed by atoms with E-state index in [2.05, 4.69) is 0 Å². The summed E-state index contributed by atoms with van der Waals surface area (Å²) >= 11 is 0. The highest BCUT2D eigenvalue weighted by Crippen LogP contribution is 2.51. The van der Waals surface area contributed by atoms with Gasteiger partial charge in [0.05, 0.1) is 6.61 Å². The van der Waals surface area contributed by atoms with Crippen molar-refractivity contribution < 1.29 is 38.3 Å². The van der Waals surface area contributed by atoms with Crippen LogP contribution in [0.25, 0.3) is 0 Å². The molecule has 0 aromatic rings. The number of hydrogen-bond acceptors (Lipinski definition) is 9. The first-order valence-corrected chi connectivity index (χ1v) is 8.42. The Labute approximate surface area is 146 Å². The predicted octanol–water partition coefficient (Wildman–Crippen LogP) is 0.903. The molecular weight excluding hydrogens is 334 g/mol. The molecule has 0 aromatic heterocycles. The molecule has 0 saturated carbocycles. The van der Waals surface area contributed by atoms with Crippen LogP contribution in [-0.4, -0.2) is 59.7 Å². The van der Waals surface area contributed by atoms with Gasteiger partial charge >= 0.3 is 17.9 Å². The van der Waals surface area contributed by atoms with Crippen LogP contribution in [0.1, 0.15) is 47.5 Å². The Morgan fingerprint density at radius 2 is 1.68 bits per heavy atom. The van der Waals surface area contributed by atoms with Gasteiger partial charge in [0.25, 0.3) is 0 Å². The monoisotopic (exact) mass is 359 g/mol. The fourth-order valence-corrected chi connectivity index (χ4v) is 3.46. The molecule has 25 heavy (non-hydrogen) atoms. The van der Waals surface area contributed by atoms with Crippen LogP contribution in [0.4, 0.5) is 0 Å². The molecule has 2 saturated heterocycles. The van der Waals surface area contributed by atoms with Gasteiger partial charge in [-0.3, -0.25) is 19.3 Å². The number of hydrogen-bond donors (Lipinski definition) is 0. The first-order chi connectivity index (χ1) is 11.8. The zero-order valence-corrected chi connectivity index (χ0v) is 15.2. The van der Waals surface area contributed by atoms with Gasteiger partial charge in [-0.1, -0.05) is 13.8 Å². The van der Waals surface area contributed by atoms with Gasteiger partial charge in [0.15, 0.2) is 12.2 Å². The van der Waals surface area contributed by atoms with Crippen molar-refractivity contribution in [3.8, 4) is 0 Å². The molecule has 9 nitrogen and oxygen atoms in total. The van der Waals surface area contributed by atoms with Crippen molar-refractivity contribution in [3.63, 3.8) is 0 Å². The number of rotatable bonds is 6. The first-order valence-electron chi connectivity index (χ1n) is 8.42. The molecule has 0 aromatic carbocycles. The standard InChI is InChI=1S/C16H25NO8/c1-6-15(7-2)13(24-11(5)19)16(14(20)21-8-3)12(23-10(4)18)9-22-17(16)25-15/h12-13H,6-9H2,1-5H3/t12-,13+,16+/m0/s1. The Morgan fingerprint density at radius 3 is 2.16 bits per heavy atom. The average molecular weight is 359 g/mol. The van der Waals surface area contributed by atoms with Gasteiger partial charge in [-0.2, -0.15) is 0 Å². The van der Waals surface area contributed by atoms with Crippen molar-refractivity contribution in [2.75, 3.05) is 13.2 Å². The smallest absolute Gasteiger partial charge is 0.339 e. The number of ether oxygens (including phenoxy) is 3. The van der Waals surface area contributed by atoms with Gasteiger partial charge in [-0.25, -0.2) is 4.79 Å². The van der Waals surface area contributed by atoms with Crippen LogP contribution in [0.2, 0.25) is 0 Å². The molecule has 142 valence electrons. The van der Waals surface area contributed by atoms with E-state index in [1.165, 1.54) is 13.8 Å². The van der Waals surface area contributed by atoms with Crippen LogP contribution < -0.4 is 0 Å². The maximum absolute atomic E-state index is 12.9. The van der Waals surface area contributed by atoms with Crippen molar-refractivity contribution in [1.29, 1.82) is 0 Å². The largest absolute Gasteiger partial charge is 0.464 e. The van der Waals surface area contributed by atoms with Gasteiger partial charge in [0.1, 0.15) is 12.2 Å². The molecule has 0 radical (unpaired) electrons. The molecule has 2 heterocycles. The van der Waals surface area contributed by atoms with E-state index >= 15 is 0 Å². The summed E-state index contributed by atoms with van der Waals surface area (Å²) in [5.74, 6) is -1.90. The second kappa shape index (κ2) is 7.27. The van der Waals surface area contributed by atoms with E-state index in [-0.39, 0.29) is 13.2 Å². The Kier molecular flexibility index (Phi) is 5.70. The average Bonchev–Trinajstić information content (AvgIpc) is 3.01. The fraction of sp³-hybridized carbons (Fsp3) is 0.812. The van der Waals surface area contributed by atoms with Crippen LogP contribution in [0.5, 0.6) is 0 Å². The van der Waals surface area contributed by atoms with E-state index in [0.717, 1.165) is 5.23 Å². The lowest BCUT2D eigenvalue weighted by Gasteiger charge is -2.37. The van der Waals surface area contributed by atoms with Gasteiger partial charge in [0, 0.05) is 13.8 Å². The molecule has 0 bridgehead atoms. The van der Waals surface area contributed by atoms with E-state index in [9.17, 15) is 14.4 Å². The van der Waals surface area contributed by atoms with Crippen molar-refractivity contribution in [2.24, 2.45) is 0 Å². The number of fused-ring (bicyclic) bond motifs is 1. The maximum atomic E-state index is 12.9. The topological polar surface area (TPSA) is 101 Å². The third-order valence-corrected chi connectivity index (χ3v) is 4.67. The molecule has 0 unspecified atom stereocenters. The Balaban J connectivity index is 2.60. The Morgan fingerprint density at radius 1 is 1.08 bits per heavy atom. The highest BCUT2D eigenvalue weighted by Gasteiger charge is 2.77. The quantitative estimate of drug-likeness (QED) is 0.506. The van der Waals surface area contributed by atoms with Crippen LogP contribution in [0.3, 0.4) is 0 Å². The summed E-state index contributed by atoms with van der Waals surface area (Å²) in [6.45, 7) is 7.81. The summed E-state index contributed by atoms with van der Waals surface area (Å²) < 4.78 is 16.1. The van der Waals surface area contributed by atoms with E-state index in [0.29, 0.717) is 12.8 Å². The first kappa shape index (κ1) is 19.6. The molecule has 9 heteroatoms. The van der Waals surface area contributed by atoms with Crippen molar-refractivity contribution in [3.05, 3.63) is 0 Å². The highest BCUT2D eigenvalue weighted by atomic mass is 17.0. The molecule has 2 fully saturated rings. The summed E-state index contributed by atoms with van der Waals surface area (Å²) in [5, 5.41) is 0.999. The van der Waals surface area contributed by atoms with Crippen molar-refractivity contribution in [1.82, 2.24) is 5.23 Å². The van der Waals surface area contributed by atoms with Crippen molar-refractivity contribution >= 4 is 17.9 Å². The highest BCUT2D eigenvalue weighted by molar-refractivity contribution is 5.85. The van der Waals surface area contributed by atoms with Gasteiger partial charge in [-0.15, -0.1) is 0 Å². The SMILES string of the molecule is CCOC(=O)[C@]12[C@@H](OC(C)=O)CON1OC(CC)(CC)[C@H]2OC(C)=O. The second-order valence-electron chi connectivity index (χ2n) is 6.05. The molecule has 2 aliphatic rings. The molecule has 3 atom stereocenters. The third kappa shape index (κ3) is 3.00. The van der Waals surface area contributed by atoms with Crippen molar-refractivity contribution in [2.45, 2.75) is 70.8 Å². The van der Waals surface area contributed by atoms with Gasteiger partial charge in [0.2, 0.25) is 5.54 Å². The third-order valence-electron chi connectivity index (χ3n) is 4.67. The van der Waals surface area contributed by atoms with Crippen LogP contribution in [0, 0.1) is 0 Å². The number of carbonyl (C=O) groups excluding carboxylic acids is 3. The second-order valence-corrected chi connectivity index (χ2v) is 6.05. The van der Waals surface area contributed by atoms with E-state index in [4.69, 9.17) is 23.9 Å². The van der Waals surface area contributed by atoms with Crippen LogP contribution in [-0.2, 0) is 38.3 Å². The zero-order valence-electron chi connectivity index (χ0n) is 15.2. The summed E-state index contributed by atoms with van der Waals surface area (Å²) in [4.78, 5) is 47.6. The van der Waals surface area contributed by atoms with E-state index in [1.54, 1.807) is 6.92 Å². The lowest BCUT2D eigenvalue weighted by molar-refractivity contribution is -0.374. The summed E-state index contributed by atoms with van der Waals surface area (Å²) in [7, 11) is 0. The summed E-state index contributed by atoms with van der Waals surface area (Å²) in [5.41, 5.74) is -2.71. The Bertz CT molecular complexity index is 546. The number of esters is 3. The maximum Gasteiger partial charge on any atom is 0.339 e. The predicted molar refractivity (Wildman–Crippen MR) is 82.7 cm³/mol. The fourth-order valence-electron chi connectivity index (χ4n) is 3.46. The molecule has 2 aliphatic heterocycles. The minimum Gasteiger partial charge on any atom is -0.464 e. The molecule has 0 N–H and O–H groups in total. The normalized spacial score (nSPS) is 30.6. The molecular formula is C16H25NO8. The van der Waals surface area contributed by atoms with Gasteiger partial charge in [-0.05, 0) is 25.0 Å². The molecule has 0 aliphatic carbocycles. The number of carbonyl (C=O) groups is 3. The van der Waals surface area contributed by atoms with Crippen LogP contribution in [0.15, 0.2) is 0 Å². The Hall–Kier alpha value is -1.71. The minimum atomic E-state index is -1.71. The zero-order chi connectivity index (χ0) is 18.8. The van der Waals surface area contributed by atoms with E-state index < -0.39 is 41.3 Å². The van der Waals surface area contributed by atoms with Crippen LogP contribution >= 0.6 is 0 Å².